The van der Waals surface area contributed by atoms with Gasteiger partial charge in [0.2, 0.25) is 5.91 Å². The van der Waals surface area contributed by atoms with E-state index < -0.39 is 33.1 Å². The number of hydrogen-bond acceptors (Lipinski definition) is 5. The Hall–Kier alpha value is -1.62. The molecule has 0 unspecified atom stereocenters. The SMILES string of the molecule is CN(CCC#N)C(=O)CN1C(=O)C(C)(C)S1(=O)=O. The van der Waals surface area contributed by atoms with Crippen LogP contribution in [0, 0.1) is 11.3 Å². The molecule has 1 aliphatic heterocycles. The molecule has 18 heavy (non-hydrogen) atoms. The van der Waals surface area contributed by atoms with Crippen LogP contribution in [0.15, 0.2) is 0 Å². The Morgan fingerprint density at radius 2 is 2.06 bits per heavy atom. The van der Waals surface area contributed by atoms with E-state index in [0.717, 1.165) is 0 Å². The van der Waals surface area contributed by atoms with Gasteiger partial charge >= 0.3 is 0 Å². The Morgan fingerprint density at radius 1 is 1.50 bits per heavy atom. The van der Waals surface area contributed by atoms with Crippen molar-refractivity contribution in [2.45, 2.75) is 25.0 Å². The van der Waals surface area contributed by atoms with Crippen LogP contribution in [-0.2, 0) is 19.6 Å². The predicted molar refractivity (Wildman–Crippen MR) is 62.6 cm³/mol. The molecule has 0 aromatic heterocycles. The highest BCUT2D eigenvalue weighted by atomic mass is 32.2. The smallest absolute Gasteiger partial charge is 0.259 e. The first-order valence-electron chi connectivity index (χ1n) is 5.34. The van der Waals surface area contributed by atoms with Crippen LogP contribution in [0.5, 0.6) is 0 Å². The number of rotatable bonds is 4. The summed E-state index contributed by atoms with van der Waals surface area (Å²) in [6.07, 6.45) is 0.161. The van der Waals surface area contributed by atoms with Crippen molar-refractivity contribution in [3.05, 3.63) is 0 Å². The summed E-state index contributed by atoms with van der Waals surface area (Å²) >= 11 is 0. The zero-order chi connectivity index (χ0) is 14.1. The van der Waals surface area contributed by atoms with Gasteiger partial charge < -0.3 is 4.90 Å². The van der Waals surface area contributed by atoms with Crippen molar-refractivity contribution >= 4 is 21.8 Å². The quantitative estimate of drug-likeness (QED) is 0.675. The summed E-state index contributed by atoms with van der Waals surface area (Å²) in [5, 5.41) is 8.38. The van der Waals surface area contributed by atoms with Gasteiger partial charge in [-0.2, -0.15) is 5.26 Å². The van der Waals surface area contributed by atoms with Gasteiger partial charge in [-0.05, 0) is 13.8 Å². The average Bonchev–Trinajstić information content (AvgIpc) is 2.31. The molecule has 1 heterocycles. The van der Waals surface area contributed by atoms with Crippen LogP contribution >= 0.6 is 0 Å². The Bertz CT molecular complexity index is 518. The molecule has 7 nitrogen and oxygen atoms in total. The first-order valence-corrected chi connectivity index (χ1v) is 6.78. The van der Waals surface area contributed by atoms with Gasteiger partial charge in [0.05, 0.1) is 12.5 Å². The zero-order valence-corrected chi connectivity index (χ0v) is 11.3. The third kappa shape index (κ3) is 2.06. The molecular formula is C10H15N3O4S. The number of carbonyl (C=O) groups is 2. The summed E-state index contributed by atoms with van der Waals surface area (Å²) in [5.41, 5.74) is 0. The third-order valence-electron chi connectivity index (χ3n) is 2.94. The largest absolute Gasteiger partial charge is 0.343 e. The summed E-state index contributed by atoms with van der Waals surface area (Å²) in [4.78, 5) is 24.5. The number of sulfonamides is 1. The average molecular weight is 273 g/mol. The van der Waals surface area contributed by atoms with Gasteiger partial charge in [-0.3, -0.25) is 9.59 Å². The van der Waals surface area contributed by atoms with E-state index >= 15 is 0 Å². The number of hydrogen-bond donors (Lipinski definition) is 0. The maximum absolute atomic E-state index is 11.7. The van der Waals surface area contributed by atoms with Crippen LogP contribution in [0.25, 0.3) is 0 Å². The van der Waals surface area contributed by atoms with Crippen LogP contribution < -0.4 is 0 Å². The molecule has 0 spiro atoms. The molecule has 2 amide bonds. The van der Waals surface area contributed by atoms with E-state index in [-0.39, 0.29) is 13.0 Å². The van der Waals surface area contributed by atoms with Crippen LogP contribution in [0.3, 0.4) is 0 Å². The van der Waals surface area contributed by atoms with E-state index in [1.165, 1.54) is 25.8 Å². The number of amides is 2. The predicted octanol–water partition coefficient (Wildman–Crippen LogP) is -0.691. The van der Waals surface area contributed by atoms with Gasteiger partial charge in [0.15, 0.2) is 4.75 Å². The standard InChI is InChI=1S/C10H15N3O4S/c1-10(2)9(15)13(18(10,16)17)7-8(14)12(3)6-4-5-11/h4,6-7H2,1-3H3. The zero-order valence-electron chi connectivity index (χ0n) is 10.5. The summed E-state index contributed by atoms with van der Waals surface area (Å²) in [6, 6.07) is 1.88. The van der Waals surface area contributed by atoms with E-state index in [9.17, 15) is 18.0 Å². The Kier molecular flexibility index (Phi) is 3.67. The summed E-state index contributed by atoms with van der Waals surface area (Å²) in [7, 11) is -2.27. The number of nitriles is 1. The van der Waals surface area contributed by atoms with Gasteiger partial charge in [0.1, 0.15) is 6.54 Å². The molecule has 1 rings (SSSR count). The van der Waals surface area contributed by atoms with E-state index in [4.69, 9.17) is 5.26 Å². The lowest BCUT2D eigenvalue weighted by Gasteiger charge is -2.42. The van der Waals surface area contributed by atoms with Crippen molar-refractivity contribution in [3.8, 4) is 6.07 Å². The topological polar surface area (TPSA) is 98.5 Å². The van der Waals surface area contributed by atoms with Crippen molar-refractivity contribution in [1.82, 2.24) is 9.21 Å². The maximum atomic E-state index is 11.7. The van der Waals surface area contributed by atoms with E-state index in [1.807, 2.05) is 6.07 Å². The highest BCUT2D eigenvalue weighted by Crippen LogP contribution is 2.34. The van der Waals surface area contributed by atoms with Crippen molar-refractivity contribution < 1.29 is 18.0 Å². The Labute approximate surface area is 106 Å². The molecule has 0 aromatic rings. The molecule has 8 heteroatoms. The normalized spacial score (nSPS) is 19.9. The second-order valence-corrected chi connectivity index (χ2v) is 6.96. The van der Waals surface area contributed by atoms with E-state index in [1.54, 1.807) is 0 Å². The third-order valence-corrected chi connectivity index (χ3v) is 5.28. The lowest BCUT2D eigenvalue weighted by molar-refractivity contribution is -0.139. The summed E-state index contributed by atoms with van der Waals surface area (Å²) in [5.74, 6) is -1.08. The van der Waals surface area contributed by atoms with Crippen LogP contribution in [0.1, 0.15) is 20.3 Å². The monoisotopic (exact) mass is 273 g/mol. The minimum atomic E-state index is -3.73. The molecule has 100 valence electrons. The fraction of sp³-hybridized carbons (Fsp3) is 0.700. The molecule has 0 aromatic carbocycles. The molecule has 1 aliphatic rings. The summed E-state index contributed by atoms with van der Waals surface area (Å²) in [6.45, 7) is 2.34. The Balaban J connectivity index is 2.69. The van der Waals surface area contributed by atoms with Gasteiger partial charge in [-0.25, -0.2) is 12.7 Å². The summed E-state index contributed by atoms with van der Waals surface area (Å²) < 4.78 is 22.6. The minimum absolute atomic E-state index is 0.161. The molecule has 0 bridgehead atoms. The van der Waals surface area contributed by atoms with Crippen molar-refractivity contribution in [1.29, 1.82) is 5.26 Å². The van der Waals surface area contributed by atoms with Crippen LogP contribution in [0.4, 0.5) is 0 Å². The number of carbonyl (C=O) groups excluding carboxylic acids is 2. The highest BCUT2D eigenvalue weighted by molar-refractivity contribution is 7.94. The van der Waals surface area contributed by atoms with Gasteiger partial charge in [-0.15, -0.1) is 0 Å². The van der Waals surface area contributed by atoms with E-state index in [2.05, 4.69) is 0 Å². The molecule has 1 saturated heterocycles. The van der Waals surface area contributed by atoms with Gasteiger partial charge in [-0.1, -0.05) is 0 Å². The number of likely N-dealkylation sites (N-methyl/N-ethyl adjacent to an activating group) is 1. The molecule has 0 N–H and O–H groups in total. The second-order valence-electron chi connectivity index (χ2n) is 4.55. The fourth-order valence-electron chi connectivity index (χ4n) is 1.50. The molecule has 0 saturated carbocycles. The van der Waals surface area contributed by atoms with Gasteiger partial charge in [0, 0.05) is 13.6 Å². The molecule has 1 fully saturated rings. The minimum Gasteiger partial charge on any atom is -0.343 e. The lowest BCUT2D eigenvalue weighted by Crippen LogP contribution is -2.68. The molecule has 0 atom stereocenters. The first-order chi connectivity index (χ1) is 8.16. The first kappa shape index (κ1) is 14.4. The second kappa shape index (κ2) is 4.57. The maximum Gasteiger partial charge on any atom is 0.259 e. The lowest BCUT2D eigenvalue weighted by atomic mass is 10.2. The molecular weight excluding hydrogens is 258 g/mol. The Morgan fingerprint density at radius 3 is 2.50 bits per heavy atom. The van der Waals surface area contributed by atoms with Crippen molar-refractivity contribution in [2.24, 2.45) is 0 Å². The van der Waals surface area contributed by atoms with Crippen molar-refractivity contribution in [2.75, 3.05) is 20.1 Å². The van der Waals surface area contributed by atoms with E-state index in [0.29, 0.717) is 4.31 Å². The highest BCUT2D eigenvalue weighted by Gasteiger charge is 2.60. The van der Waals surface area contributed by atoms with Gasteiger partial charge in [0.25, 0.3) is 15.9 Å². The molecule has 0 aliphatic carbocycles. The van der Waals surface area contributed by atoms with Crippen LogP contribution in [0.2, 0.25) is 0 Å². The molecule has 0 radical (unpaired) electrons. The number of nitrogens with zero attached hydrogens (tertiary/aromatic N) is 3. The van der Waals surface area contributed by atoms with Crippen molar-refractivity contribution in [3.63, 3.8) is 0 Å². The fourth-order valence-corrected chi connectivity index (χ4v) is 2.98. The van der Waals surface area contributed by atoms with Crippen LogP contribution in [-0.4, -0.2) is 54.3 Å².